The lowest BCUT2D eigenvalue weighted by atomic mass is 10.3. The fraction of sp³-hybridized carbons (Fsp3) is 1.00. The van der Waals surface area contributed by atoms with Crippen LogP contribution >= 0.6 is 0 Å². The van der Waals surface area contributed by atoms with E-state index in [1.54, 1.807) is 0 Å². The van der Waals surface area contributed by atoms with Crippen molar-refractivity contribution in [1.82, 2.24) is 15.1 Å². The van der Waals surface area contributed by atoms with Gasteiger partial charge < -0.3 is 15.1 Å². The molecule has 0 amide bonds. The van der Waals surface area contributed by atoms with Crippen LogP contribution in [0.3, 0.4) is 0 Å². The average Bonchev–Trinajstić information content (AvgIpc) is 2.26. The molecule has 1 N–H and O–H groups in total. The SMILES string of the molecule is CC(NCCCN1CCN(C)CC1)C(F)F. The maximum Gasteiger partial charge on any atom is 0.253 e. The summed E-state index contributed by atoms with van der Waals surface area (Å²) in [6, 6.07) is -0.688. The van der Waals surface area contributed by atoms with E-state index in [9.17, 15) is 8.78 Å². The molecule has 96 valence electrons. The Morgan fingerprint density at radius 2 is 1.81 bits per heavy atom. The quantitative estimate of drug-likeness (QED) is 0.689. The molecule has 5 heteroatoms. The number of alkyl halides is 2. The molecule has 1 saturated heterocycles. The lowest BCUT2D eigenvalue weighted by Gasteiger charge is -2.32. The topological polar surface area (TPSA) is 18.5 Å². The zero-order valence-corrected chi connectivity index (χ0v) is 10.3. The molecule has 16 heavy (non-hydrogen) atoms. The lowest BCUT2D eigenvalue weighted by Crippen LogP contribution is -2.45. The van der Waals surface area contributed by atoms with Gasteiger partial charge >= 0.3 is 0 Å². The van der Waals surface area contributed by atoms with Gasteiger partial charge in [0.25, 0.3) is 6.43 Å². The van der Waals surface area contributed by atoms with E-state index in [1.165, 1.54) is 6.92 Å². The van der Waals surface area contributed by atoms with Crippen molar-refractivity contribution in [1.29, 1.82) is 0 Å². The van der Waals surface area contributed by atoms with Crippen LogP contribution < -0.4 is 5.32 Å². The van der Waals surface area contributed by atoms with Gasteiger partial charge in [-0.2, -0.15) is 0 Å². The summed E-state index contributed by atoms with van der Waals surface area (Å²) >= 11 is 0. The highest BCUT2D eigenvalue weighted by molar-refractivity contribution is 4.70. The fourth-order valence-electron chi connectivity index (χ4n) is 1.79. The maximum absolute atomic E-state index is 12.2. The highest BCUT2D eigenvalue weighted by Crippen LogP contribution is 2.01. The molecule has 0 saturated carbocycles. The third-order valence-electron chi connectivity index (χ3n) is 3.09. The molecule has 1 fully saturated rings. The van der Waals surface area contributed by atoms with Crippen LogP contribution in [0, 0.1) is 0 Å². The molecular formula is C11H23F2N3. The molecule has 1 rings (SSSR count). The van der Waals surface area contributed by atoms with Crippen LogP contribution in [-0.4, -0.2) is 68.6 Å². The fourth-order valence-corrected chi connectivity index (χ4v) is 1.79. The summed E-state index contributed by atoms with van der Waals surface area (Å²) in [6.07, 6.45) is -1.32. The number of nitrogens with one attached hydrogen (secondary N) is 1. The maximum atomic E-state index is 12.2. The predicted octanol–water partition coefficient (Wildman–Crippen LogP) is 0.867. The van der Waals surface area contributed by atoms with Crippen molar-refractivity contribution in [3.8, 4) is 0 Å². The Bertz CT molecular complexity index is 182. The van der Waals surface area contributed by atoms with Gasteiger partial charge in [-0.15, -0.1) is 0 Å². The lowest BCUT2D eigenvalue weighted by molar-refractivity contribution is 0.104. The number of likely N-dealkylation sites (N-methyl/N-ethyl adjacent to an activating group) is 1. The van der Waals surface area contributed by atoms with E-state index in [0.717, 1.165) is 39.1 Å². The molecule has 1 aliphatic rings. The van der Waals surface area contributed by atoms with Gasteiger partial charge in [-0.1, -0.05) is 0 Å². The molecule has 0 aromatic heterocycles. The first-order valence-corrected chi connectivity index (χ1v) is 6.02. The van der Waals surface area contributed by atoms with Crippen molar-refractivity contribution in [3.63, 3.8) is 0 Å². The molecule has 0 radical (unpaired) electrons. The summed E-state index contributed by atoms with van der Waals surface area (Å²) in [5.41, 5.74) is 0. The van der Waals surface area contributed by atoms with E-state index < -0.39 is 12.5 Å². The molecule has 1 unspecified atom stereocenters. The minimum atomic E-state index is -2.26. The summed E-state index contributed by atoms with van der Waals surface area (Å²) in [4.78, 5) is 4.71. The second-order valence-corrected chi connectivity index (χ2v) is 4.58. The van der Waals surface area contributed by atoms with Crippen LogP contribution in [-0.2, 0) is 0 Å². The monoisotopic (exact) mass is 235 g/mol. The summed E-state index contributed by atoms with van der Waals surface area (Å²) in [7, 11) is 2.13. The number of nitrogens with zero attached hydrogens (tertiary/aromatic N) is 2. The van der Waals surface area contributed by atoms with Gasteiger partial charge in [-0.05, 0) is 33.5 Å². The van der Waals surface area contributed by atoms with Crippen LogP contribution in [0.25, 0.3) is 0 Å². The van der Waals surface area contributed by atoms with E-state index in [0.29, 0.717) is 6.54 Å². The van der Waals surface area contributed by atoms with Gasteiger partial charge in [0.1, 0.15) is 0 Å². The molecule has 0 aromatic carbocycles. The van der Waals surface area contributed by atoms with Crippen molar-refractivity contribution in [2.45, 2.75) is 25.8 Å². The molecule has 3 nitrogen and oxygen atoms in total. The van der Waals surface area contributed by atoms with Gasteiger partial charge in [-0.25, -0.2) is 8.78 Å². The van der Waals surface area contributed by atoms with Crippen LogP contribution in [0.4, 0.5) is 8.78 Å². The van der Waals surface area contributed by atoms with Crippen LogP contribution in [0.5, 0.6) is 0 Å². The third kappa shape index (κ3) is 5.18. The third-order valence-corrected chi connectivity index (χ3v) is 3.09. The van der Waals surface area contributed by atoms with Gasteiger partial charge in [-0.3, -0.25) is 0 Å². The van der Waals surface area contributed by atoms with Gasteiger partial charge in [0.2, 0.25) is 0 Å². The number of hydrogen-bond donors (Lipinski definition) is 1. The molecule has 0 bridgehead atoms. The van der Waals surface area contributed by atoms with Crippen molar-refractivity contribution in [3.05, 3.63) is 0 Å². The van der Waals surface area contributed by atoms with E-state index in [-0.39, 0.29) is 0 Å². The molecule has 0 aliphatic carbocycles. The Morgan fingerprint density at radius 1 is 1.19 bits per heavy atom. The van der Waals surface area contributed by atoms with Crippen molar-refractivity contribution in [2.24, 2.45) is 0 Å². The molecule has 1 aliphatic heterocycles. The largest absolute Gasteiger partial charge is 0.309 e. The van der Waals surface area contributed by atoms with Crippen molar-refractivity contribution >= 4 is 0 Å². The standard InChI is InChI=1S/C11H23F2N3/c1-10(11(12)13)14-4-3-5-16-8-6-15(2)7-9-16/h10-11,14H,3-9H2,1-2H3. The predicted molar refractivity (Wildman–Crippen MR) is 62.0 cm³/mol. The summed E-state index contributed by atoms with van der Waals surface area (Å²) in [6.45, 7) is 7.64. The summed E-state index contributed by atoms with van der Waals surface area (Å²) in [5.74, 6) is 0. The second-order valence-electron chi connectivity index (χ2n) is 4.58. The Kier molecular flexibility index (Phi) is 6.16. The van der Waals surface area contributed by atoms with Crippen molar-refractivity contribution < 1.29 is 8.78 Å². The highest BCUT2D eigenvalue weighted by atomic mass is 19.3. The number of piperazine rings is 1. The average molecular weight is 235 g/mol. The van der Waals surface area contributed by atoms with E-state index in [4.69, 9.17) is 0 Å². The van der Waals surface area contributed by atoms with Crippen LogP contribution in [0.1, 0.15) is 13.3 Å². The Balaban J connectivity index is 1.99. The zero-order chi connectivity index (χ0) is 12.0. The minimum absolute atomic E-state index is 0.678. The molecular weight excluding hydrogens is 212 g/mol. The number of halogens is 2. The van der Waals surface area contributed by atoms with E-state index >= 15 is 0 Å². The zero-order valence-electron chi connectivity index (χ0n) is 10.3. The first kappa shape index (κ1) is 13.8. The Hall–Kier alpha value is -0.260. The normalized spacial score (nSPS) is 21.6. The molecule has 1 heterocycles. The highest BCUT2D eigenvalue weighted by Gasteiger charge is 2.14. The first-order chi connectivity index (χ1) is 7.59. The smallest absolute Gasteiger partial charge is 0.253 e. The van der Waals surface area contributed by atoms with Gasteiger partial charge in [0, 0.05) is 26.2 Å². The summed E-state index contributed by atoms with van der Waals surface area (Å²) < 4.78 is 24.3. The summed E-state index contributed by atoms with van der Waals surface area (Å²) in [5, 5.41) is 2.84. The van der Waals surface area contributed by atoms with Gasteiger partial charge in [0.05, 0.1) is 6.04 Å². The molecule has 1 atom stereocenters. The Morgan fingerprint density at radius 3 is 2.38 bits per heavy atom. The Labute approximate surface area is 96.8 Å². The van der Waals surface area contributed by atoms with Crippen molar-refractivity contribution in [2.75, 3.05) is 46.3 Å². The van der Waals surface area contributed by atoms with Crippen LogP contribution in [0.15, 0.2) is 0 Å². The number of hydrogen-bond acceptors (Lipinski definition) is 3. The number of rotatable bonds is 6. The first-order valence-electron chi connectivity index (χ1n) is 6.02. The van der Waals surface area contributed by atoms with E-state index in [1.807, 2.05) is 0 Å². The minimum Gasteiger partial charge on any atom is -0.309 e. The van der Waals surface area contributed by atoms with Crippen LogP contribution in [0.2, 0.25) is 0 Å². The van der Waals surface area contributed by atoms with E-state index in [2.05, 4.69) is 22.2 Å². The molecule has 0 spiro atoms. The second kappa shape index (κ2) is 7.14. The van der Waals surface area contributed by atoms with Gasteiger partial charge in [0.15, 0.2) is 0 Å². The molecule has 0 aromatic rings.